The summed E-state index contributed by atoms with van der Waals surface area (Å²) in [5, 5.41) is 9.28. The molecule has 0 saturated heterocycles. The van der Waals surface area contributed by atoms with Gasteiger partial charge in [0.15, 0.2) is 0 Å². The van der Waals surface area contributed by atoms with Crippen molar-refractivity contribution >= 4 is 29.5 Å². The van der Waals surface area contributed by atoms with Gasteiger partial charge in [0.25, 0.3) is 0 Å². The molecule has 2 aromatic carbocycles. The minimum absolute atomic E-state index is 0.414. The molecule has 0 saturated carbocycles. The molecule has 2 aromatic rings. The predicted molar refractivity (Wildman–Crippen MR) is 81.8 cm³/mol. The minimum Gasteiger partial charge on any atom is -0.481 e. The third-order valence-electron chi connectivity index (χ3n) is 3.37. The number of fused-ring (bicyclic) bond motifs is 2. The van der Waals surface area contributed by atoms with Crippen molar-refractivity contribution in [3.05, 3.63) is 48.0 Å². The van der Waals surface area contributed by atoms with E-state index in [2.05, 4.69) is 12.1 Å². The molecule has 0 bridgehead atoms. The predicted octanol–water partition coefficient (Wildman–Crippen LogP) is 4.88. The summed E-state index contributed by atoms with van der Waals surface area (Å²) in [6, 6.07) is 14.3. The largest absolute Gasteiger partial charge is 0.481 e. The van der Waals surface area contributed by atoms with Crippen LogP contribution in [0.25, 0.3) is 0 Å². The first-order valence-electron chi connectivity index (χ1n) is 6.50. The zero-order chi connectivity index (χ0) is 14.1. The second-order valence-electron chi connectivity index (χ2n) is 4.66. The first-order chi connectivity index (χ1) is 9.69. The first-order valence-corrected chi connectivity index (χ1v) is 8.14. The Bertz CT molecular complexity index is 667. The van der Waals surface area contributed by atoms with Gasteiger partial charge in [0.2, 0.25) is 0 Å². The van der Waals surface area contributed by atoms with E-state index in [9.17, 15) is 9.90 Å². The molecule has 0 spiro atoms. The Balaban J connectivity index is 1.97. The fraction of sp³-hybridized carbons (Fsp3) is 0.188. The molecule has 4 heteroatoms. The molecule has 0 aliphatic carbocycles. The second-order valence-corrected chi connectivity index (χ2v) is 6.82. The van der Waals surface area contributed by atoms with E-state index in [4.69, 9.17) is 0 Å². The third kappa shape index (κ3) is 2.45. The van der Waals surface area contributed by atoms with E-state index in [0.717, 1.165) is 10.5 Å². The highest BCUT2D eigenvalue weighted by Crippen LogP contribution is 2.48. The van der Waals surface area contributed by atoms with E-state index >= 15 is 0 Å². The van der Waals surface area contributed by atoms with Crippen LogP contribution in [0.4, 0.5) is 0 Å². The van der Waals surface area contributed by atoms with Crippen LogP contribution in [0.2, 0.25) is 0 Å². The van der Waals surface area contributed by atoms with Gasteiger partial charge in [-0.3, -0.25) is 4.79 Å². The van der Waals surface area contributed by atoms with Gasteiger partial charge in [0.1, 0.15) is 0 Å². The summed E-state index contributed by atoms with van der Waals surface area (Å²) >= 11 is 3.47. The van der Waals surface area contributed by atoms with Crippen molar-refractivity contribution in [2.75, 3.05) is 0 Å². The summed E-state index contributed by atoms with van der Waals surface area (Å²) in [7, 11) is 0. The molecule has 2 nitrogen and oxygen atoms in total. The SMILES string of the molecule is CCC(C(=O)O)c1ccc2c(c1)Sc1ccccc1S2. The van der Waals surface area contributed by atoms with Crippen molar-refractivity contribution in [2.45, 2.75) is 38.8 Å². The molecule has 1 heterocycles. The molecule has 20 heavy (non-hydrogen) atoms. The number of rotatable bonds is 3. The highest BCUT2D eigenvalue weighted by atomic mass is 32.2. The maximum absolute atomic E-state index is 11.3. The average Bonchev–Trinajstić information content (AvgIpc) is 2.45. The summed E-state index contributed by atoms with van der Waals surface area (Å²) in [5.41, 5.74) is 0.895. The number of benzene rings is 2. The van der Waals surface area contributed by atoms with Crippen molar-refractivity contribution in [1.82, 2.24) is 0 Å². The number of aliphatic carboxylic acids is 1. The number of carboxylic acid groups (broad SMARTS) is 1. The average molecular weight is 302 g/mol. The van der Waals surface area contributed by atoms with E-state index in [-0.39, 0.29) is 0 Å². The maximum Gasteiger partial charge on any atom is 0.310 e. The van der Waals surface area contributed by atoms with Crippen LogP contribution in [0.15, 0.2) is 62.0 Å². The first kappa shape index (κ1) is 13.6. The van der Waals surface area contributed by atoms with Crippen molar-refractivity contribution in [3.63, 3.8) is 0 Å². The molecule has 3 rings (SSSR count). The summed E-state index contributed by atoms with van der Waals surface area (Å²) in [4.78, 5) is 16.2. The molecule has 1 unspecified atom stereocenters. The topological polar surface area (TPSA) is 37.3 Å². The van der Waals surface area contributed by atoms with Gasteiger partial charge in [-0.25, -0.2) is 0 Å². The van der Waals surface area contributed by atoms with Crippen LogP contribution in [-0.4, -0.2) is 11.1 Å². The van der Waals surface area contributed by atoms with E-state index < -0.39 is 11.9 Å². The quantitative estimate of drug-likeness (QED) is 0.748. The highest BCUT2D eigenvalue weighted by Gasteiger charge is 2.21. The van der Waals surface area contributed by atoms with Crippen LogP contribution in [0.5, 0.6) is 0 Å². The van der Waals surface area contributed by atoms with E-state index in [1.54, 1.807) is 23.5 Å². The van der Waals surface area contributed by atoms with Crippen LogP contribution >= 0.6 is 23.5 Å². The fourth-order valence-corrected chi connectivity index (χ4v) is 4.58. The molecule has 0 aromatic heterocycles. The summed E-state index contributed by atoms with van der Waals surface area (Å²) in [5.74, 6) is -1.16. The monoisotopic (exact) mass is 302 g/mol. The minimum atomic E-state index is -0.749. The molecule has 1 N–H and O–H groups in total. The molecule has 0 fully saturated rings. The van der Waals surface area contributed by atoms with Gasteiger partial charge in [-0.1, -0.05) is 48.6 Å². The Morgan fingerprint density at radius 3 is 2.25 bits per heavy atom. The number of hydrogen-bond acceptors (Lipinski definition) is 3. The second kappa shape index (κ2) is 5.54. The van der Waals surface area contributed by atoms with Crippen molar-refractivity contribution < 1.29 is 9.90 Å². The molecular weight excluding hydrogens is 288 g/mol. The lowest BCUT2D eigenvalue weighted by molar-refractivity contribution is -0.138. The number of carboxylic acids is 1. The normalized spacial score (nSPS) is 14.2. The standard InChI is InChI=1S/C16H14O2S2/c1-2-11(16(17)18)10-7-8-14-15(9-10)20-13-6-4-3-5-12(13)19-14/h3-9,11H,2H2,1H3,(H,17,18). The Labute approximate surface area is 126 Å². The fourth-order valence-electron chi connectivity index (χ4n) is 2.31. The number of hydrogen-bond donors (Lipinski definition) is 1. The lowest BCUT2D eigenvalue weighted by Crippen LogP contribution is -2.10. The van der Waals surface area contributed by atoms with Crippen LogP contribution in [-0.2, 0) is 4.79 Å². The van der Waals surface area contributed by atoms with E-state index in [1.807, 2.05) is 37.3 Å². The van der Waals surface area contributed by atoms with Gasteiger partial charge in [0, 0.05) is 19.6 Å². The molecule has 1 atom stereocenters. The van der Waals surface area contributed by atoms with E-state index in [1.165, 1.54) is 14.7 Å². The third-order valence-corrected chi connectivity index (χ3v) is 5.91. The van der Waals surface area contributed by atoms with Gasteiger partial charge in [-0.2, -0.15) is 0 Å². The Hall–Kier alpha value is -1.39. The summed E-state index contributed by atoms with van der Waals surface area (Å²) in [6.45, 7) is 1.91. The van der Waals surface area contributed by atoms with Crippen LogP contribution in [0, 0.1) is 0 Å². The lowest BCUT2D eigenvalue weighted by atomic mass is 9.97. The van der Waals surface area contributed by atoms with Gasteiger partial charge in [-0.15, -0.1) is 0 Å². The van der Waals surface area contributed by atoms with E-state index in [0.29, 0.717) is 6.42 Å². The molecule has 0 amide bonds. The Morgan fingerprint density at radius 1 is 1.05 bits per heavy atom. The molecule has 102 valence electrons. The number of carbonyl (C=O) groups is 1. The molecule has 0 radical (unpaired) electrons. The van der Waals surface area contributed by atoms with Crippen LogP contribution in [0.1, 0.15) is 24.8 Å². The van der Waals surface area contributed by atoms with Crippen molar-refractivity contribution in [2.24, 2.45) is 0 Å². The Morgan fingerprint density at radius 2 is 1.65 bits per heavy atom. The molecular formula is C16H14O2S2. The van der Waals surface area contributed by atoms with Crippen molar-refractivity contribution in [3.8, 4) is 0 Å². The Kier molecular flexibility index (Phi) is 3.76. The maximum atomic E-state index is 11.3. The van der Waals surface area contributed by atoms with Gasteiger partial charge in [-0.05, 0) is 36.2 Å². The zero-order valence-corrected chi connectivity index (χ0v) is 12.6. The van der Waals surface area contributed by atoms with Crippen LogP contribution in [0.3, 0.4) is 0 Å². The van der Waals surface area contributed by atoms with Gasteiger partial charge >= 0.3 is 5.97 Å². The summed E-state index contributed by atoms with van der Waals surface area (Å²) < 4.78 is 0. The van der Waals surface area contributed by atoms with Crippen molar-refractivity contribution in [1.29, 1.82) is 0 Å². The summed E-state index contributed by atoms with van der Waals surface area (Å²) in [6.07, 6.45) is 0.614. The molecule has 1 aliphatic rings. The van der Waals surface area contributed by atoms with Gasteiger partial charge in [0.05, 0.1) is 5.92 Å². The lowest BCUT2D eigenvalue weighted by Gasteiger charge is -2.20. The smallest absolute Gasteiger partial charge is 0.310 e. The molecule has 1 aliphatic heterocycles. The van der Waals surface area contributed by atoms with Gasteiger partial charge < -0.3 is 5.11 Å². The van der Waals surface area contributed by atoms with Crippen LogP contribution < -0.4 is 0 Å². The highest BCUT2D eigenvalue weighted by molar-refractivity contribution is 8.05. The zero-order valence-electron chi connectivity index (χ0n) is 11.0.